The van der Waals surface area contributed by atoms with Crippen molar-refractivity contribution in [3.05, 3.63) is 53.5 Å². The fourth-order valence-electron chi connectivity index (χ4n) is 2.02. The predicted octanol–water partition coefficient (Wildman–Crippen LogP) is 3.92. The first kappa shape index (κ1) is 12.0. The van der Waals surface area contributed by atoms with Gasteiger partial charge >= 0.3 is 0 Å². The Morgan fingerprint density at radius 2 is 2.21 bits per heavy atom. The minimum absolute atomic E-state index is 0.673. The second-order valence-electron chi connectivity index (χ2n) is 4.20. The Hall–Kier alpha value is -2.07. The quantitative estimate of drug-likeness (QED) is 0.780. The minimum Gasteiger partial charge on any atom is -0.481 e. The molecule has 0 fully saturated rings. The lowest BCUT2D eigenvalue weighted by Crippen LogP contribution is -2.02. The molecule has 2 heterocycles. The topological polar surface area (TPSA) is 34.1 Å². The molecular formula is C15H14N2OS. The Labute approximate surface area is 115 Å². The highest BCUT2D eigenvalue weighted by Crippen LogP contribution is 2.24. The van der Waals surface area contributed by atoms with Crippen molar-refractivity contribution >= 4 is 27.1 Å². The van der Waals surface area contributed by atoms with Gasteiger partial charge in [-0.1, -0.05) is 6.07 Å². The van der Waals surface area contributed by atoms with Gasteiger partial charge in [0.25, 0.3) is 0 Å². The van der Waals surface area contributed by atoms with Crippen molar-refractivity contribution in [1.29, 1.82) is 0 Å². The van der Waals surface area contributed by atoms with Gasteiger partial charge in [-0.3, -0.25) is 0 Å². The van der Waals surface area contributed by atoms with Crippen LogP contribution in [0.5, 0.6) is 5.88 Å². The summed E-state index contributed by atoms with van der Waals surface area (Å²) >= 11 is 1.76. The summed E-state index contributed by atoms with van der Waals surface area (Å²) < 4.78 is 6.55. The number of anilines is 1. The Balaban J connectivity index is 1.78. The van der Waals surface area contributed by atoms with E-state index in [1.807, 2.05) is 12.1 Å². The van der Waals surface area contributed by atoms with Crippen LogP contribution in [0.15, 0.2) is 48.0 Å². The zero-order valence-electron chi connectivity index (χ0n) is 10.6. The maximum atomic E-state index is 5.24. The number of aromatic nitrogens is 1. The molecule has 0 amide bonds. The molecule has 96 valence electrons. The van der Waals surface area contributed by atoms with Gasteiger partial charge < -0.3 is 10.1 Å². The molecule has 0 aliphatic rings. The highest BCUT2D eigenvalue weighted by molar-refractivity contribution is 7.17. The predicted molar refractivity (Wildman–Crippen MR) is 79.9 cm³/mol. The molecule has 0 bridgehead atoms. The minimum atomic E-state index is 0.673. The van der Waals surface area contributed by atoms with E-state index >= 15 is 0 Å². The van der Waals surface area contributed by atoms with Crippen LogP contribution < -0.4 is 10.1 Å². The summed E-state index contributed by atoms with van der Waals surface area (Å²) in [5, 5.41) is 6.78. The first-order valence-electron chi connectivity index (χ1n) is 6.06. The third kappa shape index (κ3) is 2.53. The normalized spacial score (nSPS) is 10.6. The van der Waals surface area contributed by atoms with Crippen molar-refractivity contribution in [2.45, 2.75) is 6.54 Å². The van der Waals surface area contributed by atoms with Gasteiger partial charge in [-0.2, -0.15) is 0 Å². The molecule has 3 nitrogen and oxygen atoms in total. The first-order valence-corrected chi connectivity index (χ1v) is 6.94. The first-order chi connectivity index (χ1) is 9.36. The molecule has 0 aliphatic heterocycles. The lowest BCUT2D eigenvalue weighted by molar-refractivity contribution is 0.393. The van der Waals surface area contributed by atoms with Gasteiger partial charge in [-0.05, 0) is 41.1 Å². The van der Waals surface area contributed by atoms with Crippen LogP contribution in [0.1, 0.15) is 5.56 Å². The van der Waals surface area contributed by atoms with Crippen LogP contribution in [0.25, 0.3) is 10.1 Å². The molecule has 2 aromatic heterocycles. The third-order valence-electron chi connectivity index (χ3n) is 2.98. The van der Waals surface area contributed by atoms with E-state index < -0.39 is 0 Å². The number of fused-ring (bicyclic) bond motifs is 1. The van der Waals surface area contributed by atoms with Gasteiger partial charge in [0.15, 0.2) is 0 Å². The standard InChI is InChI=1S/C15H14N2OS/c1-18-15-12(3-2-7-16-15)10-17-13-4-5-14-11(9-13)6-8-19-14/h2-9,17H,10H2,1H3. The molecule has 4 heteroatoms. The van der Waals surface area contributed by atoms with E-state index in [2.05, 4.69) is 39.9 Å². The van der Waals surface area contributed by atoms with Gasteiger partial charge in [0.2, 0.25) is 5.88 Å². The van der Waals surface area contributed by atoms with Crippen molar-refractivity contribution in [2.75, 3.05) is 12.4 Å². The van der Waals surface area contributed by atoms with Crippen molar-refractivity contribution in [1.82, 2.24) is 4.98 Å². The average molecular weight is 270 g/mol. The molecule has 3 rings (SSSR count). The molecule has 0 unspecified atom stereocenters. The zero-order chi connectivity index (χ0) is 13.1. The summed E-state index contributed by atoms with van der Waals surface area (Å²) in [7, 11) is 1.64. The fourth-order valence-corrected chi connectivity index (χ4v) is 2.79. The fraction of sp³-hybridized carbons (Fsp3) is 0.133. The summed E-state index contributed by atoms with van der Waals surface area (Å²) in [6.07, 6.45) is 1.74. The lowest BCUT2D eigenvalue weighted by Gasteiger charge is -2.09. The maximum Gasteiger partial charge on any atom is 0.218 e. The van der Waals surface area contributed by atoms with E-state index in [-0.39, 0.29) is 0 Å². The van der Waals surface area contributed by atoms with Gasteiger partial charge in [0.1, 0.15) is 0 Å². The van der Waals surface area contributed by atoms with Crippen LogP contribution in [-0.2, 0) is 6.54 Å². The number of rotatable bonds is 4. The summed E-state index contributed by atoms with van der Waals surface area (Å²) in [6, 6.07) is 12.5. The summed E-state index contributed by atoms with van der Waals surface area (Å²) in [4.78, 5) is 4.19. The van der Waals surface area contributed by atoms with Gasteiger partial charge in [-0.25, -0.2) is 4.98 Å². The Bertz CT molecular complexity index is 693. The van der Waals surface area contributed by atoms with Crippen molar-refractivity contribution in [3.8, 4) is 5.88 Å². The van der Waals surface area contributed by atoms with Crippen LogP contribution in [0.2, 0.25) is 0 Å². The molecule has 0 saturated heterocycles. The van der Waals surface area contributed by atoms with E-state index in [1.165, 1.54) is 10.1 Å². The third-order valence-corrected chi connectivity index (χ3v) is 3.88. The van der Waals surface area contributed by atoms with Crippen molar-refractivity contribution in [2.24, 2.45) is 0 Å². The van der Waals surface area contributed by atoms with Crippen molar-refractivity contribution in [3.63, 3.8) is 0 Å². The second kappa shape index (κ2) is 5.28. The summed E-state index contributed by atoms with van der Waals surface area (Å²) in [6.45, 7) is 0.701. The summed E-state index contributed by atoms with van der Waals surface area (Å²) in [5.74, 6) is 0.673. The number of nitrogens with zero attached hydrogens (tertiary/aromatic N) is 1. The molecular weight excluding hydrogens is 256 g/mol. The molecule has 19 heavy (non-hydrogen) atoms. The van der Waals surface area contributed by atoms with E-state index in [1.54, 1.807) is 24.6 Å². The molecule has 1 aromatic carbocycles. The highest BCUT2D eigenvalue weighted by atomic mass is 32.1. The number of thiophene rings is 1. The number of pyridine rings is 1. The van der Waals surface area contributed by atoms with E-state index in [4.69, 9.17) is 4.74 Å². The molecule has 0 aliphatic carbocycles. The molecule has 0 radical (unpaired) electrons. The Morgan fingerprint density at radius 1 is 1.26 bits per heavy atom. The molecule has 3 aromatic rings. The Kier molecular flexibility index (Phi) is 3.33. The molecule has 1 N–H and O–H groups in total. The summed E-state index contributed by atoms with van der Waals surface area (Å²) in [5.41, 5.74) is 2.16. The maximum absolute atomic E-state index is 5.24. The number of ether oxygens (including phenoxy) is 1. The second-order valence-corrected chi connectivity index (χ2v) is 5.15. The number of methoxy groups -OCH3 is 1. The largest absolute Gasteiger partial charge is 0.481 e. The number of hydrogen-bond acceptors (Lipinski definition) is 4. The van der Waals surface area contributed by atoms with Gasteiger partial charge in [0, 0.05) is 28.7 Å². The highest BCUT2D eigenvalue weighted by Gasteiger charge is 2.03. The van der Waals surface area contributed by atoms with Crippen LogP contribution in [0, 0.1) is 0 Å². The van der Waals surface area contributed by atoms with E-state index in [9.17, 15) is 0 Å². The molecule has 0 saturated carbocycles. The lowest BCUT2D eigenvalue weighted by atomic mass is 10.2. The van der Waals surface area contributed by atoms with E-state index in [0.29, 0.717) is 12.4 Å². The number of benzene rings is 1. The SMILES string of the molecule is COc1ncccc1CNc1ccc2sccc2c1. The van der Waals surface area contributed by atoms with Crippen LogP contribution >= 0.6 is 11.3 Å². The zero-order valence-corrected chi connectivity index (χ0v) is 11.4. The monoisotopic (exact) mass is 270 g/mol. The van der Waals surface area contributed by atoms with Gasteiger partial charge in [-0.15, -0.1) is 11.3 Å². The molecule has 0 spiro atoms. The van der Waals surface area contributed by atoms with Crippen molar-refractivity contribution < 1.29 is 4.74 Å². The average Bonchev–Trinajstić information content (AvgIpc) is 2.93. The Morgan fingerprint density at radius 3 is 3.11 bits per heavy atom. The van der Waals surface area contributed by atoms with Crippen LogP contribution in [0.4, 0.5) is 5.69 Å². The van der Waals surface area contributed by atoms with Gasteiger partial charge in [0.05, 0.1) is 7.11 Å². The van der Waals surface area contributed by atoms with Crippen LogP contribution in [0.3, 0.4) is 0 Å². The smallest absolute Gasteiger partial charge is 0.218 e. The van der Waals surface area contributed by atoms with E-state index in [0.717, 1.165) is 11.3 Å². The van der Waals surface area contributed by atoms with Crippen LogP contribution in [-0.4, -0.2) is 12.1 Å². The molecule has 0 atom stereocenters. The number of nitrogens with one attached hydrogen (secondary N) is 1. The number of hydrogen-bond donors (Lipinski definition) is 1.